The van der Waals surface area contributed by atoms with Crippen molar-refractivity contribution in [2.75, 3.05) is 17.2 Å². The van der Waals surface area contributed by atoms with Crippen molar-refractivity contribution in [1.29, 1.82) is 0 Å². The number of hydrogen-bond donors (Lipinski definition) is 2. The summed E-state index contributed by atoms with van der Waals surface area (Å²) in [5, 5.41) is 7.29. The molecule has 5 heteroatoms. The van der Waals surface area contributed by atoms with E-state index in [0.717, 1.165) is 58.1 Å². The van der Waals surface area contributed by atoms with Gasteiger partial charge in [-0.1, -0.05) is 49.4 Å². The molecule has 0 radical (unpaired) electrons. The maximum atomic E-state index is 13.8. The fraction of sp³-hybridized carbons (Fsp3) is 0.323. The number of anilines is 2. The second-order valence-electron chi connectivity index (χ2n) is 9.79. The van der Waals surface area contributed by atoms with Crippen molar-refractivity contribution in [1.82, 2.24) is 0 Å². The van der Waals surface area contributed by atoms with Crippen LogP contribution in [0.15, 0.2) is 84.1 Å². The van der Waals surface area contributed by atoms with Crippen LogP contribution in [0.4, 0.5) is 11.4 Å². The van der Waals surface area contributed by atoms with Gasteiger partial charge in [0.15, 0.2) is 5.78 Å². The lowest BCUT2D eigenvalue weighted by atomic mass is 9.78. The highest BCUT2D eigenvalue weighted by Gasteiger charge is 2.37. The highest BCUT2D eigenvalue weighted by atomic mass is 16.5. The lowest BCUT2D eigenvalue weighted by Crippen LogP contribution is -2.27. The third-order valence-electron chi connectivity index (χ3n) is 6.72. The van der Waals surface area contributed by atoms with E-state index in [1.807, 2.05) is 56.3 Å². The van der Waals surface area contributed by atoms with Crippen molar-refractivity contribution in [2.45, 2.75) is 58.1 Å². The first-order chi connectivity index (χ1) is 17.5. The number of carbonyl (C=O) groups is 1. The van der Waals surface area contributed by atoms with Crippen molar-refractivity contribution in [3.63, 3.8) is 0 Å². The number of rotatable bonds is 7. The van der Waals surface area contributed by atoms with Crippen molar-refractivity contribution >= 4 is 17.2 Å². The van der Waals surface area contributed by atoms with Gasteiger partial charge in [-0.3, -0.25) is 4.79 Å². The van der Waals surface area contributed by atoms with Gasteiger partial charge >= 0.3 is 0 Å². The molecule has 0 aromatic heterocycles. The molecule has 1 aliphatic carbocycles. The SMILES string of the molecule is CCCOc1ccccc1C1Nc2ccccc2NC2=C1C(=O)CC(c1ccc(OC(C)C)cc1)C2. The van der Waals surface area contributed by atoms with Crippen LogP contribution in [0.5, 0.6) is 11.5 Å². The average molecular weight is 483 g/mol. The molecule has 0 amide bonds. The van der Waals surface area contributed by atoms with Crippen LogP contribution in [0.1, 0.15) is 63.1 Å². The highest BCUT2D eigenvalue weighted by Crippen LogP contribution is 2.45. The van der Waals surface area contributed by atoms with Gasteiger partial charge in [0.05, 0.1) is 30.1 Å². The third-order valence-corrected chi connectivity index (χ3v) is 6.72. The van der Waals surface area contributed by atoms with Gasteiger partial charge in [-0.05, 0) is 68.5 Å². The van der Waals surface area contributed by atoms with Gasteiger partial charge in [0.2, 0.25) is 0 Å². The lowest BCUT2D eigenvalue weighted by Gasteiger charge is -2.30. The molecule has 2 unspecified atom stereocenters. The topological polar surface area (TPSA) is 59.6 Å². The van der Waals surface area contributed by atoms with E-state index in [0.29, 0.717) is 13.0 Å². The number of ether oxygens (including phenoxy) is 2. The van der Waals surface area contributed by atoms with E-state index in [1.54, 1.807) is 0 Å². The van der Waals surface area contributed by atoms with E-state index in [-0.39, 0.29) is 23.8 Å². The molecule has 186 valence electrons. The maximum Gasteiger partial charge on any atom is 0.163 e. The van der Waals surface area contributed by atoms with E-state index in [2.05, 4.69) is 47.9 Å². The summed E-state index contributed by atoms with van der Waals surface area (Å²) in [4.78, 5) is 13.8. The van der Waals surface area contributed by atoms with Crippen LogP contribution in [0.25, 0.3) is 0 Å². The van der Waals surface area contributed by atoms with Gasteiger partial charge in [-0.2, -0.15) is 0 Å². The van der Waals surface area contributed by atoms with Crippen LogP contribution in [-0.2, 0) is 4.79 Å². The minimum absolute atomic E-state index is 0.106. The first kappa shape index (κ1) is 24.0. The Morgan fingerprint density at radius 2 is 1.64 bits per heavy atom. The van der Waals surface area contributed by atoms with Gasteiger partial charge in [-0.15, -0.1) is 0 Å². The lowest BCUT2D eigenvalue weighted by molar-refractivity contribution is -0.116. The third kappa shape index (κ3) is 4.97. The zero-order chi connectivity index (χ0) is 25.1. The van der Waals surface area contributed by atoms with E-state index in [1.165, 1.54) is 0 Å². The normalized spacial score (nSPS) is 19.1. The fourth-order valence-corrected chi connectivity index (χ4v) is 5.11. The molecule has 2 N–H and O–H groups in total. The summed E-state index contributed by atoms with van der Waals surface area (Å²) >= 11 is 0. The molecule has 0 saturated carbocycles. The van der Waals surface area contributed by atoms with Gasteiger partial charge < -0.3 is 20.1 Å². The van der Waals surface area contributed by atoms with Crippen LogP contribution in [0.2, 0.25) is 0 Å². The summed E-state index contributed by atoms with van der Waals surface area (Å²) < 4.78 is 11.9. The van der Waals surface area contributed by atoms with Crippen molar-refractivity contribution in [3.05, 3.63) is 95.2 Å². The molecule has 36 heavy (non-hydrogen) atoms. The molecule has 0 fully saturated rings. The molecule has 3 aromatic carbocycles. The average Bonchev–Trinajstić information content (AvgIpc) is 3.04. The van der Waals surface area contributed by atoms with Gasteiger partial charge in [-0.25, -0.2) is 0 Å². The predicted octanol–water partition coefficient (Wildman–Crippen LogP) is 7.24. The van der Waals surface area contributed by atoms with E-state index >= 15 is 0 Å². The Balaban J connectivity index is 1.53. The van der Waals surface area contributed by atoms with E-state index in [9.17, 15) is 4.79 Å². The summed E-state index contributed by atoms with van der Waals surface area (Å²) in [6.07, 6.45) is 2.28. The largest absolute Gasteiger partial charge is 0.493 e. The Bertz CT molecular complexity index is 1260. The van der Waals surface area contributed by atoms with Crippen LogP contribution in [0, 0.1) is 0 Å². The summed E-state index contributed by atoms with van der Waals surface area (Å²) in [5.74, 6) is 1.94. The fourth-order valence-electron chi connectivity index (χ4n) is 5.11. The number of Topliss-reactive ketones (excluding diaryl/α,β-unsaturated/α-hetero) is 1. The number of fused-ring (bicyclic) bond motifs is 1. The Morgan fingerprint density at radius 1 is 0.917 bits per heavy atom. The van der Waals surface area contributed by atoms with Crippen molar-refractivity contribution < 1.29 is 14.3 Å². The predicted molar refractivity (Wildman–Crippen MR) is 145 cm³/mol. The second kappa shape index (κ2) is 10.5. The molecule has 0 bridgehead atoms. The number of ketones is 1. The number of hydrogen-bond acceptors (Lipinski definition) is 5. The maximum absolute atomic E-state index is 13.8. The Morgan fingerprint density at radius 3 is 2.39 bits per heavy atom. The second-order valence-corrected chi connectivity index (χ2v) is 9.79. The van der Waals surface area contributed by atoms with E-state index in [4.69, 9.17) is 9.47 Å². The molecule has 2 atom stereocenters. The smallest absolute Gasteiger partial charge is 0.163 e. The first-order valence-corrected chi connectivity index (χ1v) is 12.9. The number of allylic oxidation sites excluding steroid dienone is 1. The van der Waals surface area contributed by atoms with Gasteiger partial charge in [0.1, 0.15) is 11.5 Å². The molecular formula is C31H34N2O3. The number of para-hydroxylation sites is 3. The minimum Gasteiger partial charge on any atom is -0.493 e. The molecule has 0 spiro atoms. The van der Waals surface area contributed by atoms with Crippen LogP contribution >= 0.6 is 0 Å². The Kier molecular flexibility index (Phi) is 6.99. The minimum atomic E-state index is -0.292. The van der Waals surface area contributed by atoms with Gasteiger partial charge in [0, 0.05) is 23.3 Å². The van der Waals surface area contributed by atoms with Crippen LogP contribution in [-0.4, -0.2) is 18.5 Å². The summed E-state index contributed by atoms with van der Waals surface area (Å²) in [7, 11) is 0. The molecule has 2 aliphatic rings. The summed E-state index contributed by atoms with van der Waals surface area (Å²) in [6, 6.07) is 24.1. The first-order valence-electron chi connectivity index (χ1n) is 12.9. The quantitative estimate of drug-likeness (QED) is 0.372. The molecule has 0 saturated heterocycles. The van der Waals surface area contributed by atoms with Gasteiger partial charge in [0.25, 0.3) is 0 Å². The summed E-state index contributed by atoms with van der Waals surface area (Å²) in [6.45, 7) is 6.77. The van der Waals surface area contributed by atoms with Crippen LogP contribution in [0.3, 0.4) is 0 Å². The molecule has 3 aromatic rings. The monoisotopic (exact) mass is 482 g/mol. The van der Waals surface area contributed by atoms with Crippen LogP contribution < -0.4 is 20.1 Å². The Labute approximate surface area is 213 Å². The van der Waals surface area contributed by atoms with Crippen molar-refractivity contribution in [2.24, 2.45) is 0 Å². The standard InChI is InChI=1S/C31H34N2O3/c1-4-17-35-29-12-8-5-9-24(29)31-30-27(32-25-10-6-7-11-26(25)33-31)18-22(19-28(30)34)21-13-15-23(16-14-21)36-20(2)3/h5-16,20,22,31-33H,4,17-19H2,1-3H3. The van der Waals surface area contributed by atoms with E-state index < -0.39 is 0 Å². The number of benzene rings is 3. The molecule has 5 nitrogen and oxygen atoms in total. The molecule has 1 aliphatic heterocycles. The van der Waals surface area contributed by atoms with Crippen molar-refractivity contribution in [3.8, 4) is 11.5 Å². The molecular weight excluding hydrogens is 448 g/mol. The Hall–Kier alpha value is -3.73. The zero-order valence-corrected chi connectivity index (χ0v) is 21.2. The number of carbonyl (C=O) groups excluding carboxylic acids is 1. The summed E-state index contributed by atoms with van der Waals surface area (Å²) in [5.41, 5.74) is 5.87. The number of nitrogens with one attached hydrogen (secondary N) is 2. The molecule has 5 rings (SSSR count). The highest BCUT2D eigenvalue weighted by molar-refractivity contribution is 6.01. The zero-order valence-electron chi connectivity index (χ0n) is 21.2. The molecule has 1 heterocycles.